The van der Waals surface area contributed by atoms with E-state index in [1.807, 2.05) is 0 Å². The minimum Gasteiger partial charge on any atom is -0.504 e. The van der Waals surface area contributed by atoms with Crippen molar-refractivity contribution in [1.82, 2.24) is 0 Å². The second-order valence-corrected chi connectivity index (χ2v) is 3.58. The van der Waals surface area contributed by atoms with E-state index in [-0.39, 0.29) is 11.9 Å². The molecule has 0 saturated carbocycles. The molecule has 0 aromatic heterocycles. The Labute approximate surface area is 88.1 Å². The minimum atomic E-state index is -0.473. The van der Waals surface area contributed by atoms with Gasteiger partial charge in [-0.15, -0.1) is 0 Å². The Balaban J connectivity index is 2.28. The molecule has 1 aromatic rings. The van der Waals surface area contributed by atoms with E-state index in [2.05, 4.69) is 0 Å². The van der Waals surface area contributed by atoms with E-state index < -0.39 is 6.10 Å². The highest BCUT2D eigenvalue weighted by Crippen LogP contribution is 2.34. The molecule has 1 aliphatic rings. The lowest BCUT2D eigenvalue weighted by atomic mass is 10.0. The van der Waals surface area contributed by atoms with E-state index in [9.17, 15) is 10.2 Å². The molecule has 1 aromatic carbocycles. The highest BCUT2D eigenvalue weighted by Gasteiger charge is 2.28. The lowest BCUT2D eigenvalue weighted by Crippen LogP contribution is -2.12. The van der Waals surface area contributed by atoms with Gasteiger partial charge in [0.1, 0.15) is 6.10 Å². The third-order valence-electron chi connectivity index (χ3n) is 2.59. The van der Waals surface area contributed by atoms with Gasteiger partial charge >= 0.3 is 0 Å². The number of hydrogen-bond donors (Lipinski definition) is 2. The molecule has 2 atom stereocenters. The number of phenolic OH excluding ortho intramolecular Hbond substituents is 1. The van der Waals surface area contributed by atoms with Crippen LogP contribution in [-0.4, -0.2) is 30.0 Å². The van der Waals surface area contributed by atoms with Crippen LogP contribution in [0.5, 0.6) is 11.5 Å². The SMILES string of the molecule is COc1cc([C@@H]2OCC[C@@H]2O)ccc1O. The van der Waals surface area contributed by atoms with Crippen LogP contribution in [0.3, 0.4) is 0 Å². The molecular formula is C11H14O4. The summed E-state index contributed by atoms with van der Waals surface area (Å²) < 4.78 is 10.4. The monoisotopic (exact) mass is 210 g/mol. The van der Waals surface area contributed by atoms with Crippen LogP contribution in [0.2, 0.25) is 0 Å². The number of aliphatic hydroxyl groups is 1. The highest BCUT2D eigenvalue weighted by atomic mass is 16.5. The Hall–Kier alpha value is -1.26. The predicted molar refractivity (Wildman–Crippen MR) is 54.0 cm³/mol. The van der Waals surface area contributed by atoms with Crippen molar-refractivity contribution in [2.75, 3.05) is 13.7 Å². The first-order valence-electron chi connectivity index (χ1n) is 4.89. The van der Waals surface area contributed by atoms with Gasteiger partial charge in [0.15, 0.2) is 11.5 Å². The Morgan fingerprint density at radius 3 is 2.87 bits per heavy atom. The number of ether oxygens (including phenoxy) is 2. The normalized spacial score (nSPS) is 25.5. The van der Waals surface area contributed by atoms with Gasteiger partial charge in [-0.3, -0.25) is 0 Å². The molecule has 2 rings (SSSR count). The van der Waals surface area contributed by atoms with Crippen LogP contribution in [0.15, 0.2) is 18.2 Å². The zero-order valence-electron chi connectivity index (χ0n) is 8.51. The molecule has 0 bridgehead atoms. The number of methoxy groups -OCH3 is 1. The fourth-order valence-electron chi connectivity index (χ4n) is 1.77. The van der Waals surface area contributed by atoms with Crippen LogP contribution in [0.25, 0.3) is 0 Å². The molecule has 15 heavy (non-hydrogen) atoms. The second kappa shape index (κ2) is 4.08. The Bertz CT molecular complexity index is 350. The summed E-state index contributed by atoms with van der Waals surface area (Å²) in [6, 6.07) is 4.97. The topological polar surface area (TPSA) is 58.9 Å². The molecule has 0 spiro atoms. The highest BCUT2D eigenvalue weighted by molar-refractivity contribution is 5.42. The number of hydrogen-bond acceptors (Lipinski definition) is 4. The smallest absolute Gasteiger partial charge is 0.160 e. The standard InChI is InChI=1S/C11H14O4/c1-14-10-6-7(2-3-8(10)12)11-9(13)4-5-15-11/h2-3,6,9,11-13H,4-5H2,1H3/t9-,11-/m0/s1. The zero-order chi connectivity index (χ0) is 10.8. The van der Waals surface area contributed by atoms with Gasteiger partial charge in [-0.2, -0.15) is 0 Å². The maximum atomic E-state index is 9.65. The van der Waals surface area contributed by atoms with Crippen molar-refractivity contribution in [3.05, 3.63) is 23.8 Å². The lowest BCUT2D eigenvalue weighted by Gasteiger charge is -2.15. The summed E-state index contributed by atoms with van der Waals surface area (Å²) in [4.78, 5) is 0. The van der Waals surface area contributed by atoms with Crippen molar-refractivity contribution in [3.63, 3.8) is 0 Å². The molecule has 1 heterocycles. The van der Waals surface area contributed by atoms with Gasteiger partial charge in [0.2, 0.25) is 0 Å². The average molecular weight is 210 g/mol. The van der Waals surface area contributed by atoms with Crippen LogP contribution in [0.4, 0.5) is 0 Å². The number of rotatable bonds is 2. The van der Waals surface area contributed by atoms with Gasteiger partial charge in [0, 0.05) is 0 Å². The third-order valence-corrected chi connectivity index (χ3v) is 2.59. The first-order chi connectivity index (χ1) is 7.22. The molecule has 1 saturated heterocycles. The first kappa shape index (κ1) is 10.3. The van der Waals surface area contributed by atoms with Crippen molar-refractivity contribution in [3.8, 4) is 11.5 Å². The minimum absolute atomic E-state index is 0.0914. The molecule has 0 aliphatic carbocycles. The van der Waals surface area contributed by atoms with E-state index in [1.165, 1.54) is 7.11 Å². The molecule has 2 N–H and O–H groups in total. The van der Waals surface area contributed by atoms with Crippen LogP contribution in [-0.2, 0) is 4.74 Å². The summed E-state index contributed by atoms with van der Waals surface area (Å²) in [5.74, 6) is 0.490. The Morgan fingerprint density at radius 2 is 2.27 bits per heavy atom. The van der Waals surface area contributed by atoms with Gasteiger partial charge in [0.25, 0.3) is 0 Å². The van der Waals surface area contributed by atoms with Crippen molar-refractivity contribution < 1.29 is 19.7 Å². The van der Waals surface area contributed by atoms with Gasteiger partial charge < -0.3 is 19.7 Å². The summed E-state index contributed by atoms with van der Waals surface area (Å²) in [7, 11) is 1.49. The predicted octanol–water partition coefficient (Wildman–Crippen LogP) is 1.22. The third kappa shape index (κ3) is 1.91. The number of aliphatic hydroxyl groups excluding tert-OH is 1. The quantitative estimate of drug-likeness (QED) is 0.770. The molecule has 82 valence electrons. The maximum Gasteiger partial charge on any atom is 0.160 e. The molecule has 1 fully saturated rings. The number of phenols is 1. The van der Waals surface area contributed by atoms with Gasteiger partial charge in [0.05, 0.1) is 19.8 Å². The van der Waals surface area contributed by atoms with Gasteiger partial charge in [-0.25, -0.2) is 0 Å². The average Bonchev–Trinajstić information content (AvgIpc) is 2.65. The summed E-state index contributed by atoms with van der Waals surface area (Å²) in [6.45, 7) is 0.565. The lowest BCUT2D eigenvalue weighted by molar-refractivity contribution is 0.0416. The van der Waals surface area contributed by atoms with E-state index in [1.54, 1.807) is 18.2 Å². The Kier molecular flexibility index (Phi) is 2.79. The zero-order valence-corrected chi connectivity index (χ0v) is 8.51. The fraction of sp³-hybridized carbons (Fsp3) is 0.455. The van der Waals surface area contributed by atoms with Crippen molar-refractivity contribution in [2.45, 2.75) is 18.6 Å². The molecule has 4 heteroatoms. The molecule has 1 aliphatic heterocycles. The summed E-state index contributed by atoms with van der Waals surface area (Å²) >= 11 is 0. The van der Waals surface area contributed by atoms with Crippen molar-refractivity contribution in [1.29, 1.82) is 0 Å². The largest absolute Gasteiger partial charge is 0.504 e. The van der Waals surface area contributed by atoms with Crippen molar-refractivity contribution >= 4 is 0 Å². The van der Waals surface area contributed by atoms with Gasteiger partial charge in [-0.1, -0.05) is 6.07 Å². The number of aromatic hydroxyl groups is 1. The molecule has 0 radical (unpaired) electrons. The van der Waals surface area contributed by atoms with Crippen LogP contribution in [0, 0.1) is 0 Å². The van der Waals surface area contributed by atoms with Crippen LogP contribution in [0.1, 0.15) is 18.1 Å². The number of benzene rings is 1. The van der Waals surface area contributed by atoms with Crippen LogP contribution < -0.4 is 4.74 Å². The summed E-state index contributed by atoms with van der Waals surface area (Å²) in [5.41, 5.74) is 0.828. The summed E-state index contributed by atoms with van der Waals surface area (Å²) in [6.07, 6.45) is -0.132. The summed E-state index contributed by atoms with van der Waals surface area (Å²) in [5, 5.41) is 19.1. The van der Waals surface area contributed by atoms with E-state index >= 15 is 0 Å². The first-order valence-corrected chi connectivity index (χ1v) is 4.89. The molecule has 0 unspecified atom stereocenters. The van der Waals surface area contributed by atoms with Gasteiger partial charge in [-0.05, 0) is 24.1 Å². The van der Waals surface area contributed by atoms with Crippen molar-refractivity contribution in [2.24, 2.45) is 0 Å². The maximum absolute atomic E-state index is 9.65. The van der Waals surface area contributed by atoms with Crippen LogP contribution >= 0.6 is 0 Å². The molecule has 0 amide bonds. The second-order valence-electron chi connectivity index (χ2n) is 3.58. The fourth-order valence-corrected chi connectivity index (χ4v) is 1.77. The van der Waals surface area contributed by atoms with E-state index in [0.717, 1.165) is 5.56 Å². The molecule has 4 nitrogen and oxygen atoms in total. The Morgan fingerprint density at radius 1 is 1.47 bits per heavy atom. The van der Waals surface area contributed by atoms with E-state index in [4.69, 9.17) is 9.47 Å². The molecular weight excluding hydrogens is 196 g/mol. The van der Waals surface area contributed by atoms with E-state index in [0.29, 0.717) is 18.8 Å².